The van der Waals surface area contributed by atoms with Crippen LogP contribution in [0.5, 0.6) is 0 Å². The van der Waals surface area contributed by atoms with Gasteiger partial charge in [0.15, 0.2) is 0 Å². The average molecular weight is 1020 g/mol. The smallest absolute Gasteiger partial charge is 0.0702 e. The second kappa shape index (κ2) is 29.8. The van der Waals surface area contributed by atoms with Crippen LogP contribution >= 0.6 is 0 Å². The Hall–Kier alpha value is -4.23. The summed E-state index contributed by atoms with van der Waals surface area (Å²) in [6.45, 7) is 46.3. The molecule has 0 aliphatic carbocycles. The van der Waals surface area contributed by atoms with Gasteiger partial charge < -0.3 is 0 Å². The van der Waals surface area contributed by atoms with Crippen molar-refractivity contribution in [2.24, 2.45) is 20.0 Å². The van der Waals surface area contributed by atoms with Crippen LogP contribution in [0.25, 0.3) is 0 Å². The second-order valence-corrected chi connectivity index (χ2v) is 20.8. The molecule has 380 valence electrons. The van der Waals surface area contributed by atoms with E-state index in [0.717, 1.165) is 45.6 Å². The van der Waals surface area contributed by atoms with E-state index in [0.29, 0.717) is 47.3 Å². The fraction of sp³-hybridized carbons (Fsp3) is 0.460. The van der Waals surface area contributed by atoms with Gasteiger partial charge in [0, 0.05) is 33.0 Å². The first kappa shape index (κ1) is 62.8. The quantitative estimate of drug-likeness (QED) is 0.0786. The van der Waals surface area contributed by atoms with Gasteiger partial charge in [-0.1, -0.05) is 219 Å². The van der Waals surface area contributed by atoms with E-state index in [1.54, 1.807) is 0 Å². The van der Waals surface area contributed by atoms with Gasteiger partial charge in [0.25, 0.3) is 0 Å². The van der Waals surface area contributed by atoms with Gasteiger partial charge in [-0.05, 0) is 126 Å². The minimum absolute atomic E-state index is 0. The third-order valence-corrected chi connectivity index (χ3v) is 12.5. The van der Waals surface area contributed by atoms with E-state index < -0.39 is 0 Å². The Labute approximate surface area is 441 Å². The van der Waals surface area contributed by atoms with Crippen molar-refractivity contribution in [2.45, 2.75) is 193 Å². The molecule has 0 aliphatic heterocycles. The minimum Gasteiger partial charge on any atom is -0.251 e. The van der Waals surface area contributed by atoms with Crippen molar-refractivity contribution in [2.75, 3.05) is 0 Å². The van der Waals surface area contributed by atoms with Crippen LogP contribution in [0.2, 0.25) is 0 Å². The monoisotopic (exact) mass is 1020 g/mol. The molecule has 0 spiro atoms. The number of rotatable bonds is 14. The molecule has 0 atom stereocenters. The molecule has 0 saturated heterocycles. The standard InChI is InChI=1S/2C28H40N2.C7H8.2Ni/c2*1-17(2)23-13-11-14-24(18(3)4)27(23)29-21(9)22(10)30-28-25(19(5)6)15-12-16-26(28)20(7)8;1-7-5-3-2-4-6-7;;/h2*11-20H,1-10H3;2-6H,1H3;;. The van der Waals surface area contributed by atoms with Crippen LogP contribution < -0.4 is 0 Å². The number of hydrogen-bond acceptors (Lipinski definition) is 4. The number of hydrogen-bond donors (Lipinski definition) is 0. The van der Waals surface area contributed by atoms with Crippen molar-refractivity contribution in [3.05, 3.63) is 153 Å². The molecule has 5 aromatic rings. The molecule has 69 heavy (non-hydrogen) atoms. The zero-order valence-corrected chi connectivity index (χ0v) is 48.3. The maximum absolute atomic E-state index is 5.13. The average Bonchev–Trinajstić information content (AvgIpc) is 3.26. The summed E-state index contributed by atoms with van der Waals surface area (Å²) >= 11 is 0. The first-order chi connectivity index (χ1) is 31.5. The fourth-order valence-electron chi connectivity index (χ4n) is 8.09. The Morgan fingerprint density at radius 1 is 0.261 bits per heavy atom. The third kappa shape index (κ3) is 18.2. The van der Waals surface area contributed by atoms with E-state index in [1.807, 2.05) is 18.2 Å². The van der Waals surface area contributed by atoms with Crippen LogP contribution in [0.15, 0.2) is 123 Å². The summed E-state index contributed by atoms with van der Waals surface area (Å²) in [6, 6.07) is 36.6. The van der Waals surface area contributed by atoms with Gasteiger partial charge in [-0.25, -0.2) is 0 Å². The molecule has 0 fully saturated rings. The largest absolute Gasteiger partial charge is 0.251 e. The number of aliphatic imine (C=N–C) groups is 4. The summed E-state index contributed by atoms with van der Waals surface area (Å²) in [5.74, 6) is 3.46. The summed E-state index contributed by atoms with van der Waals surface area (Å²) in [7, 11) is 0. The fourth-order valence-corrected chi connectivity index (χ4v) is 8.09. The van der Waals surface area contributed by atoms with Gasteiger partial charge in [0.05, 0.1) is 45.6 Å². The molecular weight excluding hydrogens is 930 g/mol. The number of nitrogens with zero attached hydrogens (tertiary/aromatic N) is 4. The number of aryl methyl sites for hydroxylation is 1. The minimum atomic E-state index is 0. The van der Waals surface area contributed by atoms with Gasteiger partial charge >= 0.3 is 0 Å². The van der Waals surface area contributed by atoms with Gasteiger partial charge in [-0.15, -0.1) is 0 Å². The van der Waals surface area contributed by atoms with Gasteiger partial charge in [-0.3, -0.25) is 20.0 Å². The Morgan fingerprint density at radius 3 is 0.536 bits per heavy atom. The van der Waals surface area contributed by atoms with Crippen molar-refractivity contribution < 1.29 is 33.0 Å². The molecule has 0 heterocycles. The molecule has 0 amide bonds. The molecule has 5 aromatic carbocycles. The van der Waals surface area contributed by atoms with E-state index in [2.05, 4.69) is 230 Å². The predicted molar refractivity (Wildman–Crippen MR) is 301 cm³/mol. The topological polar surface area (TPSA) is 49.4 Å². The SMILES string of the molecule is CC(=Nc1c(C(C)C)cccc1C(C)C)C(C)=Nc1c(C(C)C)cccc1C(C)C.CC(=Nc1c(C(C)C)cccc1C(C)C)C(C)=Nc1c(C(C)C)cccc1C(C)C.Cc1ccccc1.[Ni].[Ni]. The van der Waals surface area contributed by atoms with Crippen molar-refractivity contribution >= 4 is 45.6 Å². The van der Waals surface area contributed by atoms with Gasteiger partial charge in [-0.2, -0.15) is 0 Å². The second-order valence-electron chi connectivity index (χ2n) is 20.8. The molecular formula is C63H88N4Ni2. The number of para-hydroxylation sites is 4. The summed E-state index contributed by atoms with van der Waals surface area (Å²) in [4.78, 5) is 20.5. The van der Waals surface area contributed by atoms with E-state index in [9.17, 15) is 0 Å². The van der Waals surface area contributed by atoms with E-state index in [1.165, 1.54) is 50.1 Å². The van der Waals surface area contributed by atoms with E-state index in [-0.39, 0.29) is 33.0 Å². The van der Waals surface area contributed by atoms with Crippen molar-refractivity contribution in [3.8, 4) is 0 Å². The van der Waals surface area contributed by atoms with Crippen molar-refractivity contribution in [1.82, 2.24) is 0 Å². The van der Waals surface area contributed by atoms with Crippen molar-refractivity contribution in [3.63, 3.8) is 0 Å². The van der Waals surface area contributed by atoms with Crippen LogP contribution in [0.1, 0.15) is 236 Å². The molecule has 5 rings (SSSR count). The van der Waals surface area contributed by atoms with Gasteiger partial charge in [0.2, 0.25) is 0 Å². The summed E-state index contributed by atoms with van der Waals surface area (Å²) < 4.78 is 0. The normalized spacial score (nSPS) is 12.4. The van der Waals surface area contributed by atoms with Gasteiger partial charge in [0.1, 0.15) is 0 Å². The Kier molecular flexibility index (Phi) is 27.1. The van der Waals surface area contributed by atoms with Crippen LogP contribution in [-0.2, 0) is 33.0 Å². The Balaban J connectivity index is 0.000000587. The molecule has 6 heteroatoms. The predicted octanol–water partition coefficient (Wildman–Crippen LogP) is 20.1. The maximum Gasteiger partial charge on any atom is 0.0702 e. The third-order valence-electron chi connectivity index (χ3n) is 12.5. The first-order valence-corrected chi connectivity index (χ1v) is 25.2. The zero-order valence-electron chi connectivity index (χ0n) is 46.4. The molecule has 0 bridgehead atoms. The van der Waals surface area contributed by atoms with Crippen LogP contribution in [0, 0.1) is 6.92 Å². The Morgan fingerprint density at radius 2 is 0.420 bits per heavy atom. The van der Waals surface area contributed by atoms with E-state index in [4.69, 9.17) is 20.0 Å². The first-order valence-electron chi connectivity index (χ1n) is 25.2. The molecule has 0 aromatic heterocycles. The Bertz CT molecular complexity index is 2070. The van der Waals surface area contributed by atoms with E-state index >= 15 is 0 Å². The van der Waals surface area contributed by atoms with Crippen LogP contribution in [0.4, 0.5) is 22.7 Å². The van der Waals surface area contributed by atoms with Crippen molar-refractivity contribution in [1.29, 1.82) is 0 Å². The molecule has 0 saturated carbocycles. The zero-order chi connectivity index (χ0) is 50.3. The summed E-state index contributed by atoms with van der Waals surface area (Å²) in [6.07, 6.45) is 0. The maximum atomic E-state index is 5.13. The molecule has 4 nitrogen and oxygen atoms in total. The summed E-state index contributed by atoms with van der Waals surface area (Å²) in [5.41, 5.74) is 20.2. The van der Waals surface area contributed by atoms with Crippen LogP contribution in [-0.4, -0.2) is 22.8 Å². The van der Waals surface area contributed by atoms with Crippen LogP contribution in [0.3, 0.4) is 0 Å². The summed E-state index contributed by atoms with van der Waals surface area (Å²) in [5, 5.41) is 0. The molecule has 0 radical (unpaired) electrons. The molecule has 0 unspecified atom stereocenters. The number of benzene rings is 5. The molecule has 0 N–H and O–H groups in total. The molecule has 0 aliphatic rings.